The van der Waals surface area contributed by atoms with Gasteiger partial charge in [-0.2, -0.15) is 4.31 Å². The van der Waals surface area contributed by atoms with Crippen LogP contribution >= 0.6 is 0 Å². The summed E-state index contributed by atoms with van der Waals surface area (Å²) in [4.78, 5) is 24.3. The summed E-state index contributed by atoms with van der Waals surface area (Å²) in [5, 5.41) is 20.9. The van der Waals surface area contributed by atoms with E-state index >= 15 is 0 Å². The number of nitrogens with zero attached hydrogens (tertiary/aromatic N) is 2. The minimum Gasteiger partial charge on any atom is -0.478 e. The van der Waals surface area contributed by atoms with E-state index in [4.69, 9.17) is 4.74 Å². The second-order valence-electron chi connectivity index (χ2n) is 10.8. The van der Waals surface area contributed by atoms with Gasteiger partial charge < -0.3 is 19.8 Å². The number of carbonyl (C=O) groups is 2. The molecule has 0 spiro atoms. The summed E-state index contributed by atoms with van der Waals surface area (Å²) in [5.74, 6) is -15.2. The van der Waals surface area contributed by atoms with Crippen LogP contribution in [-0.4, -0.2) is 60.3 Å². The summed E-state index contributed by atoms with van der Waals surface area (Å²) in [6.07, 6.45) is 0.857. The van der Waals surface area contributed by atoms with Gasteiger partial charge >= 0.3 is 5.97 Å². The first-order chi connectivity index (χ1) is 21.3. The van der Waals surface area contributed by atoms with Crippen molar-refractivity contribution in [1.82, 2.24) is 4.31 Å². The molecule has 5 rings (SSSR count). The van der Waals surface area contributed by atoms with Gasteiger partial charge in [-0.3, -0.25) is 4.79 Å². The standard InChI is InChI=1S/C30H27F5N2O7S/c31-22-23(32)25(34)27(26(35)24(22)33)45(42,43)37-13-1-12-30(37,41)29(40)36(21-8-6-20(7-9-21)28(38)39)16-17-2-4-18(5-3-17)19-10-14-44-15-11-19/h2-9,19,41H,1,10-16H2,(H,38,39)/t30-/m1/s1. The fourth-order valence-corrected chi connectivity index (χ4v) is 7.41. The number of benzene rings is 3. The quantitative estimate of drug-likeness (QED) is 0.205. The highest BCUT2D eigenvalue weighted by atomic mass is 32.2. The molecule has 2 fully saturated rings. The monoisotopic (exact) mass is 654 g/mol. The molecular formula is C30H27F5N2O7S. The van der Waals surface area contributed by atoms with Crippen LogP contribution < -0.4 is 4.90 Å². The van der Waals surface area contributed by atoms with Crippen molar-refractivity contribution in [3.63, 3.8) is 0 Å². The first-order valence-electron chi connectivity index (χ1n) is 13.9. The molecule has 2 aliphatic heterocycles. The van der Waals surface area contributed by atoms with Crippen molar-refractivity contribution in [3.8, 4) is 0 Å². The van der Waals surface area contributed by atoms with Gasteiger partial charge in [-0.25, -0.2) is 35.2 Å². The fraction of sp³-hybridized carbons (Fsp3) is 0.333. The maximum absolute atomic E-state index is 14.6. The van der Waals surface area contributed by atoms with Gasteiger partial charge in [0.2, 0.25) is 11.5 Å². The topological polar surface area (TPSA) is 124 Å². The maximum Gasteiger partial charge on any atom is 0.335 e. The Morgan fingerprint density at radius 2 is 1.44 bits per heavy atom. The van der Waals surface area contributed by atoms with Crippen LogP contribution in [0.5, 0.6) is 0 Å². The molecule has 0 unspecified atom stereocenters. The third-order valence-corrected chi connectivity index (χ3v) is 9.98. The molecule has 0 aliphatic carbocycles. The van der Waals surface area contributed by atoms with Gasteiger partial charge in [0.15, 0.2) is 28.2 Å². The summed E-state index contributed by atoms with van der Waals surface area (Å²) < 4.78 is 103. The number of carboxylic acid groups (broad SMARTS) is 1. The molecule has 0 saturated carbocycles. The van der Waals surface area contributed by atoms with E-state index in [0.29, 0.717) is 18.8 Å². The third-order valence-electron chi connectivity index (χ3n) is 8.04. The summed E-state index contributed by atoms with van der Waals surface area (Å²) in [7, 11) is -5.69. The van der Waals surface area contributed by atoms with E-state index in [-0.39, 0.29) is 34.4 Å². The lowest BCUT2D eigenvalue weighted by atomic mass is 9.91. The van der Waals surface area contributed by atoms with Gasteiger partial charge in [-0.05, 0) is 60.6 Å². The van der Waals surface area contributed by atoms with Crippen molar-refractivity contribution < 1.29 is 54.9 Å². The maximum atomic E-state index is 14.6. The molecule has 2 heterocycles. The Kier molecular flexibility index (Phi) is 8.99. The van der Waals surface area contributed by atoms with Crippen molar-refractivity contribution in [2.45, 2.75) is 48.8 Å². The summed E-state index contributed by atoms with van der Waals surface area (Å²) in [6.45, 7) is 0.280. The van der Waals surface area contributed by atoms with E-state index in [1.165, 1.54) is 24.3 Å². The Bertz CT molecular complexity index is 1700. The first-order valence-corrected chi connectivity index (χ1v) is 15.3. The van der Waals surface area contributed by atoms with Crippen molar-refractivity contribution in [3.05, 3.63) is 94.3 Å². The fourth-order valence-electron chi connectivity index (χ4n) is 5.62. The van der Waals surface area contributed by atoms with Crippen LogP contribution in [-0.2, 0) is 26.1 Å². The molecular weight excluding hydrogens is 627 g/mol. The molecule has 2 aliphatic rings. The van der Waals surface area contributed by atoms with Crippen LogP contribution in [0.3, 0.4) is 0 Å². The number of hydrogen-bond acceptors (Lipinski definition) is 6. The molecule has 2 N–H and O–H groups in total. The normalized spacial score (nSPS) is 19.5. The summed E-state index contributed by atoms with van der Waals surface area (Å²) >= 11 is 0. The van der Waals surface area contributed by atoms with Gasteiger partial charge in [0.05, 0.1) is 12.1 Å². The van der Waals surface area contributed by atoms with Crippen LogP contribution in [0.2, 0.25) is 0 Å². The molecule has 1 atom stereocenters. The largest absolute Gasteiger partial charge is 0.478 e. The number of amides is 1. The third kappa shape index (κ3) is 5.92. The molecule has 1 amide bonds. The first kappa shape index (κ1) is 32.5. The number of anilines is 1. The van der Waals surface area contributed by atoms with Crippen LogP contribution in [0.25, 0.3) is 0 Å². The number of ether oxygens (including phenoxy) is 1. The number of halogens is 5. The van der Waals surface area contributed by atoms with Crippen molar-refractivity contribution in [1.29, 1.82) is 0 Å². The second-order valence-corrected chi connectivity index (χ2v) is 12.6. The van der Waals surface area contributed by atoms with Crippen LogP contribution in [0, 0.1) is 29.1 Å². The lowest BCUT2D eigenvalue weighted by molar-refractivity contribution is -0.146. The lowest BCUT2D eigenvalue weighted by Gasteiger charge is -2.36. The molecule has 0 bridgehead atoms. The molecule has 9 nitrogen and oxygen atoms in total. The molecule has 3 aromatic rings. The Morgan fingerprint density at radius 1 is 0.889 bits per heavy atom. The number of carboxylic acids is 1. The Balaban J connectivity index is 1.53. The van der Waals surface area contributed by atoms with Gasteiger partial charge in [-0.1, -0.05) is 24.3 Å². The Labute approximate surface area is 254 Å². The van der Waals surface area contributed by atoms with E-state index in [0.717, 1.165) is 23.3 Å². The average molecular weight is 655 g/mol. The number of hydrogen-bond donors (Lipinski definition) is 2. The zero-order chi connectivity index (χ0) is 32.7. The summed E-state index contributed by atoms with van der Waals surface area (Å²) in [6, 6.07) is 12.0. The van der Waals surface area contributed by atoms with Gasteiger partial charge in [-0.15, -0.1) is 0 Å². The highest BCUT2D eigenvalue weighted by Gasteiger charge is 2.55. The van der Waals surface area contributed by atoms with Crippen molar-refractivity contribution in [2.75, 3.05) is 24.7 Å². The summed E-state index contributed by atoms with van der Waals surface area (Å²) in [5.41, 5.74) is -1.56. The lowest BCUT2D eigenvalue weighted by Crippen LogP contribution is -2.58. The van der Waals surface area contributed by atoms with Crippen LogP contribution in [0.4, 0.5) is 27.6 Å². The van der Waals surface area contributed by atoms with E-state index in [2.05, 4.69) is 0 Å². The average Bonchev–Trinajstić information content (AvgIpc) is 3.45. The van der Waals surface area contributed by atoms with E-state index in [9.17, 15) is 50.2 Å². The van der Waals surface area contributed by atoms with Gasteiger partial charge in [0.1, 0.15) is 0 Å². The molecule has 3 aromatic carbocycles. The minimum absolute atomic E-state index is 0.0213. The molecule has 0 aromatic heterocycles. The van der Waals surface area contributed by atoms with E-state index in [1.54, 1.807) is 12.1 Å². The molecule has 0 radical (unpaired) electrons. The molecule has 15 heteroatoms. The Hall–Kier alpha value is -3.92. The van der Waals surface area contributed by atoms with E-state index in [1.807, 2.05) is 12.1 Å². The second kappa shape index (κ2) is 12.5. The van der Waals surface area contributed by atoms with Gasteiger partial charge in [0, 0.05) is 31.9 Å². The van der Waals surface area contributed by atoms with Crippen molar-refractivity contribution >= 4 is 27.6 Å². The number of aliphatic hydroxyl groups is 1. The number of carbonyl (C=O) groups excluding carboxylic acids is 1. The highest BCUT2D eigenvalue weighted by Crippen LogP contribution is 2.39. The minimum atomic E-state index is -5.69. The molecule has 45 heavy (non-hydrogen) atoms. The zero-order valence-corrected chi connectivity index (χ0v) is 24.3. The van der Waals surface area contributed by atoms with Crippen LogP contribution in [0.1, 0.15) is 53.1 Å². The number of sulfonamides is 1. The van der Waals surface area contributed by atoms with Gasteiger partial charge in [0.25, 0.3) is 15.9 Å². The molecule has 240 valence electrons. The predicted molar refractivity (Wildman–Crippen MR) is 148 cm³/mol. The van der Waals surface area contributed by atoms with Crippen molar-refractivity contribution in [2.24, 2.45) is 0 Å². The number of rotatable bonds is 8. The number of aromatic carboxylic acids is 1. The smallest absolute Gasteiger partial charge is 0.335 e. The SMILES string of the molecule is O=C(O)c1ccc(N(Cc2ccc(C3CCOCC3)cc2)C(=O)[C@]2(O)CCCN2S(=O)(=O)c2c(F)c(F)c(F)c(F)c2F)cc1. The van der Waals surface area contributed by atoms with E-state index < -0.39 is 74.6 Å². The highest BCUT2D eigenvalue weighted by molar-refractivity contribution is 7.89. The Morgan fingerprint density at radius 3 is 2.00 bits per heavy atom. The zero-order valence-electron chi connectivity index (χ0n) is 23.5. The van der Waals surface area contributed by atoms with Crippen LogP contribution in [0.15, 0.2) is 53.4 Å². The molecule has 2 saturated heterocycles. The predicted octanol–water partition coefficient (Wildman–Crippen LogP) is 4.68.